The van der Waals surface area contributed by atoms with Gasteiger partial charge >= 0.3 is 0 Å². The fourth-order valence-corrected chi connectivity index (χ4v) is 4.93. The van der Waals surface area contributed by atoms with Crippen molar-refractivity contribution in [2.24, 2.45) is 0 Å². The van der Waals surface area contributed by atoms with Gasteiger partial charge in [0, 0.05) is 41.2 Å². The number of anilines is 1. The Morgan fingerprint density at radius 1 is 1.07 bits per heavy atom. The van der Waals surface area contributed by atoms with Crippen molar-refractivity contribution in [2.45, 2.75) is 32.8 Å². The molecule has 5 rings (SSSR count). The molecular weight excluding hydrogens is 540 g/mol. The van der Waals surface area contributed by atoms with Crippen molar-refractivity contribution in [3.05, 3.63) is 94.6 Å². The number of methoxy groups -OCH3 is 1. The van der Waals surface area contributed by atoms with Gasteiger partial charge in [0.25, 0.3) is 5.91 Å². The number of hydrogen-bond donors (Lipinski definition) is 1. The molecule has 212 valence electrons. The maximum atomic E-state index is 13.5. The van der Waals surface area contributed by atoms with E-state index in [4.69, 9.17) is 26.1 Å². The van der Waals surface area contributed by atoms with Crippen LogP contribution >= 0.6 is 11.6 Å². The highest BCUT2D eigenvalue weighted by atomic mass is 35.5. The van der Waals surface area contributed by atoms with E-state index in [1.54, 1.807) is 31.4 Å². The fraction of sp³-hybridized carbons (Fsp3) is 0.281. The van der Waals surface area contributed by atoms with Crippen LogP contribution in [0.3, 0.4) is 0 Å². The van der Waals surface area contributed by atoms with E-state index in [2.05, 4.69) is 18.3 Å². The standard InChI is InChI=1S/C32H33ClN4O4/c1-21-6-13-26(17-22(21)2)37-19-29(23-9-14-27(40-3)15-10-23)34-32(37)35-30(38)20-36(18-28-5-4-16-41-28)31(39)24-7-11-25(33)12-8-24/h6-15,17,19,28H,4-5,16,18,20H2,1-3H3,(H,34,35,38)/t28-/m0/s1. The third kappa shape index (κ3) is 6.78. The Morgan fingerprint density at radius 3 is 2.49 bits per heavy atom. The van der Waals surface area contributed by atoms with E-state index in [-0.39, 0.29) is 24.5 Å². The first-order chi connectivity index (χ1) is 19.8. The Kier molecular flexibility index (Phi) is 8.71. The first kappa shape index (κ1) is 28.4. The number of carbonyl (C=O) groups is 2. The van der Waals surface area contributed by atoms with Crippen LogP contribution in [0.25, 0.3) is 16.9 Å². The van der Waals surface area contributed by atoms with E-state index in [9.17, 15) is 9.59 Å². The quantitative estimate of drug-likeness (QED) is 0.263. The predicted molar refractivity (Wildman–Crippen MR) is 160 cm³/mol. The summed E-state index contributed by atoms with van der Waals surface area (Å²) < 4.78 is 12.9. The highest BCUT2D eigenvalue weighted by Gasteiger charge is 2.26. The molecule has 0 radical (unpaired) electrons. The van der Waals surface area contributed by atoms with Gasteiger partial charge in [-0.25, -0.2) is 4.98 Å². The predicted octanol–water partition coefficient (Wildman–Crippen LogP) is 6.08. The number of nitrogens with one attached hydrogen (secondary N) is 1. The van der Waals surface area contributed by atoms with E-state index in [1.165, 1.54) is 10.5 Å². The molecule has 0 unspecified atom stereocenters. The third-order valence-electron chi connectivity index (χ3n) is 7.27. The second-order valence-corrected chi connectivity index (χ2v) is 10.6. The number of amides is 2. The second kappa shape index (κ2) is 12.6. The molecule has 1 aromatic heterocycles. The minimum atomic E-state index is -0.359. The van der Waals surface area contributed by atoms with Crippen LogP contribution in [0.4, 0.5) is 5.95 Å². The molecule has 2 heterocycles. The summed E-state index contributed by atoms with van der Waals surface area (Å²) >= 11 is 6.03. The lowest BCUT2D eigenvalue weighted by atomic mass is 10.1. The number of rotatable bonds is 9. The smallest absolute Gasteiger partial charge is 0.254 e. The SMILES string of the molecule is COc1ccc(-c2cn(-c3ccc(C)c(C)c3)c(NC(=O)CN(C[C@@H]3CCCO3)C(=O)c3ccc(Cl)cc3)n2)cc1. The van der Waals surface area contributed by atoms with E-state index in [0.717, 1.165) is 35.4 Å². The summed E-state index contributed by atoms with van der Waals surface area (Å²) in [5.41, 5.74) is 5.18. The van der Waals surface area contributed by atoms with E-state index in [1.807, 2.05) is 54.1 Å². The Morgan fingerprint density at radius 2 is 1.83 bits per heavy atom. The van der Waals surface area contributed by atoms with Gasteiger partial charge in [0.1, 0.15) is 12.3 Å². The number of aromatic nitrogens is 2. The first-order valence-corrected chi connectivity index (χ1v) is 14.0. The number of halogens is 1. The largest absolute Gasteiger partial charge is 0.497 e. The Balaban J connectivity index is 1.43. The van der Waals surface area contributed by atoms with Gasteiger partial charge < -0.3 is 14.4 Å². The highest BCUT2D eigenvalue weighted by Crippen LogP contribution is 2.27. The minimum Gasteiger partial charge on any atom is -0.497 e. The van der Waals surface area contributed by atoms with Crippen molar-refractivity contribution in [3.8, 4) is 22.7 Å². The van der Waals surface area contributed by atoms with Gasteiger partial charge in [-0.2, -0.15) is 0 Å². The summed E-state index contributed by atoms with van der Waals surface area (Å²) in [5, 5.41) is 3.50. The maximum Gasteiger partial charge on any atom is 0.254 e. The molecule has 0 aliphatic carbocycles. The normalized spacial score (nSPS) is 14.6. The van der Waals surface area contributed by atoms with Crippen LogP contribution < -0.4 is 10.1 Å². The van der Waals surface area contributed by atoms with E-state index < -0.39 is 0 Å². The molecule has 0 saturated carbocycles. The van der Waals surface area contributed by atoms with E-state index in [0.29, 0.717) is 35.4 Å². The topological polar surface area (TPSA) is 85.7 Å². The molecule has 0 spiro atoms. The monoisotopic (exact) mass is 572 g/mol. The number of carbonyl (C=O) groups excluding carboxylic acids is 2. The molecule has 1 atom stereocenters. The van der Waals surface area contributed by atoms with Crippen molar-refractivity contribution in [1.29, 1.82) is 0 Å². The van der Waals surface area contributed by atoms with Crippen LogP contribution in [-0.4, -0.2) is 59.2 Å². The lowest BCUT2D eigenvalue weighted by Crippen LogP contribution is -2.42. The Bertz CT molecular complexity index is 1530. The molecule has 1 N–H and O–H groups in total. The van der Waals surface area contributed by atoms with Crippen LogP contribution in [0.5, 0.6) is 5.75 Å². The molecule has 1 aliphatic rings. The Hall–Kier alpha value is -4.14. The van der Waals surface area contributed by atoms with Crippen LogP contribution in [-0.2, 0) is 9.53 Å². The lowest BCUT2D eigenvalue weighted by molar-refractivity contribution is -0.117. The molecule has 41 heavy (non-hydrogen) atoms. The van der Waals surface area contributed by atoms with Gasteiger partial charge in [-0.3, -0.25) is 19.5 Å². The molecule has 3 aromatic carbocycles. The summed E-state index contributed by atoms with van der Waals surface area (Å²) in [4.78, 5) is 33.2. The maximum absolute atomic E-state index is 13.5. The molecule has 1 saturated heterocycles. The molecular formula is C32H33ClN4O4. The number of hydrogen-bond acceptors (Lipinski definition) is 5. The summed E-state index contributed by atoms with van der Waals surface area (Å²) in [6, 6.07) is 20.3. The zero-order chi connectivity index (χ0) is 28.9. The summed E-state index contributed by atoms with van der Waals surface area (Å²) in [7, 11) is 1.62. The van der Waals surface area contributed by atoms with Gasteiger partial charge in [0.2, 0.25) is 11.9 Å². The number of aryl methyl sites for hydroxylation is 2. The third-order valence-corrected chi connectivity index (χ3v) is 7.52. The average Bonchev–Trinajstić information content (AvgIpc) is 3.64. The minimum absolute atomic E-state index is 0.113. The number of ether oxygens (including phenoxy) is 2. The van der Waals surface area contributed by atoms with Crippen LogP contribution in [0.2, 0.25) is 5.02 Å². The van der Waals surface area contributed by atoms with Gasteiger partial charge in [-0.1, -0.05) is 17.7 Å². The van der Waals surface area contributed by atoms with Crippen molar-refractivity contribution in [2.75, 3.05) is 32.1 Å². The number of benzene rings is 3. The zero-order valence-corrected chi connectivity index (χ0v) is 24.1. The number of imidazole rings is 1. The van der Waals surface area contributed by atoms with Crippen molar-refractivity contribution in [1.82, 2.24) is 14.5 Å². The van der Waals surface area contributed by atoms with Gasteiger partial charge in [0.15, 0.2) is 0 Å². The second-order valence-electron chi connectivity index (χ2n) is 10.2. The molecule has 8 nitrogen and oxygen atoms in total. The van der Waals surface area contributed by atoms with Crippen molar-refractivity contribution >= 4 is 29.4 Å². The van der Waals surface area contributed by atoms with Gasteiger partial charge in [-0.15, -0.1) is 0 Å². The molecule has 1 fully saturated rings. The lowest BCUT2D eigenvalue weighted by Gasteiger charge is -2.25. The first-order valence-electron chi connectivity index (χ1n) is 13.6. The van der Waals surface area contributed by atoms with Crippen molar-refractivity contribution < 1.29 is 19.1 Å². The van der Waals surface area contributed by atoms with E-state index >= 15 is 0 Å². The van der Waals surface area contributed by atoms with Crippen molar-refractivity contribution in [3.63, 3.8) is 0 Å². The molecule has 0 bridgehead atoms. The zero-order valence-electron chi connectivity index (χ0n) is 23.4. The van der Waals surface area contributed by atoms with Crippen LogP contribution in [0, 0.1) is 13.8 Å². The molecule has 1 aliphatic heterocycles. The average molecular weight is 573 g/mol. The van der Waals surface area contributed by atoms with Crippen LogP contribution in [0.15, 0.2) is 72.9 Å². The summed E-state index contributed by atoms with van der Waals surface area (Å²) in [6.07, 6.45) is 3.55. The summed E-state index contributed by atoms with van der Waals surface area (Å²) in [6.45, 7) is 4.92. The Labute approximate surface area is 244 Å². The van der Waals surface area contributed by atoms with Crippen LogP contribution in [0.1, 0.15) is 34.3 Å². The summed E-state index contributed by atoms with van der Waals surface area (Å²) in [5.74, 6) is 0.485. The fourth-order valence-electron chi connectivity index (χ4n) is 4.81. The highest BCUT2D eigenvalue weighted by molar-refractivity contribution is 6.30. The van der Waals surface area contributed by atoms with Gasteiger partial charge in [-0.05, 0) is 98.5 Å². The molecule has 2 amide bonds. The molecule has 9 heteroatoms. The molecule has 4 aromatic rings. The number of nitrogens with zero attached hydrogens (tertiary/aromatic N) is 3. The van der Waals surface area contributed by atoms with Gasteiger partial charge in [0.05, 0.1) is 18.9 Å².